The molecule has 1 amide bonds. The molecule has 0 radical (unpaired) electrons. The highest BCUT2D eigenvalue weighted by atomic mass is 32.1. The third kappa shape index (κ3) is 2.98. The molecule has 0 bridgehead atoms. The van der Waals surface area contributed by atoms with Gasteiger partial charge in [-0.05, 0) is 17.2 Å². The van der Waals surface area contributed by atoms with Gasteiger partial charge in [-0.1, -0.05) is 48.5 Å². The molecule has 27 heavy (non-hydrogen) atoms. The van der Waals surface area contributed by atoms with Crippen LogP contribution in [0.3, 0.4) is 0 Å². The first-order valence-electron chi connectivity index (χ1n) is 8.32. The second-order valence-electron chi connectivity index (χ2n) is 5.98. The number of nitrogens with zero attached hydrogens (tertiary/aromatic N) is 2. The second kappa shape index (κ2) is 6.69. The number of primary amides is 1. The van der Waals surface area contributed by atoms with E-state index in [4.69, 9.17) is 11.5 Å². The number of nitrogens with one attached hydrogen (secondary N) is 1. The molecule has 5 N–H and O–H groups in total. The summed E-state index contributed by atoms with van der Waals surface area (Å²) < 4.78 is 0. The molecule has 2 aromatic heterocycles. The van der Waals surface area contributed by atoms with E-state index in [0.717, 1.165) is 16.7 Å². The van der Waals surface area contributed by atoms with Crippen molar-refractivity contribution in [3.8, 4) is 22.4 Å². The first-order valence-corrected chi connectivity index (χ1v) is 9.13. The number of anilines is 2. The monoisotopic (exact) mass is 375 g/mol. The van der Waals surface area contributed by atoms with Crippen LogP contribution < -0.4 is 16.8 Å². The Morgan fingerprint density at radius 1 is 1.00 bits per heavy atom. The summed E-state index contributed by atoms with van der Waals surface area (Å²) in [6.07, 6.45) is 0. The van der Waals surface area contributed by atoms with Crippen LogP contribution in [-0.2, 0) is 0 Å². The van der Waals surface area contributed by atoms with Gasteiger partial charge in [0.2, 0.25) is 5.95 Å². The molecule has 0 unspecified atom stereocenters. The van der Waals surface area contributed by atoms with Gasteiger partial charge in [-0.3, -0.25) is 4.79 Å². The molecular formula is C20H17N5OS. The highest BCUT2D eigenvalue weighted by molar-refractivity contribution is 7.21. The van der Waals surface area contributed by atoms with Crippen molar-refractivity contribution >= 4 is 39.1 Å². The van der Waals surface area contributed by atoms with Crippen LogP contribution in [0.25, 0.3) is 32.6 Å². The Morgan fingerprint density at radius 2 is 1.70 bits per heavy atom. The van der Waals surface area contributed by atoms with Crippen LogP contribution in [0.2, 0.25) is 0 Å². The first kappa shape index (κ1) is 17.0. The molecule has 0 aliphatic rings. The predicted molar refractivity (Wildman–Crippen MR) is 111 cm³/mol. The van der Waals surface area contributed by atoms with Crippen molar-refractivity contribution in [2.45, 2.75) is 0 Å². The zero-order chi connectivity index (χ0) is 19.0. The smallest absolute Gasteiger partial charge is 0.260 e. The fraction of sp³-hybridized carbons (Fsp3) is 0.0500. The van der Waals surface area contributed by atoms with E-state index >= 15 is 0 Å². The maximum Gasteiger partial charge on any atom is 0.260 e. The summed E-state index contributed by atoms with van der Waals surface area (Å²) in [4.78, 5) is 21.7. The number of amides is 1. The van der Waals surface area contributed by atoms with Crippen molar-refractivity contribution < 1.29 is 4.79 Å². The number of carbonyl (C=O) groups is 1. The molecule has 0 saturated carbocycles. The Labute approximate surface area is 159 Å². The van der Waals surface area contributed by atoms with E-state index in [1.54, 1.807) is 7.05 Å². The molecule has 7 heteroatoms. The summed E-state index contributed by atoms with van der Waals surface area (Å²) in [6.45, 7) is 0. The van der Waals surface area contributed by atoms with Crippen LogP contribution in [-0.4, -0.2) is 22.9 Å². The van der Waals surface area contributed by atoms with Crippen LogP contribution in [0.5, 0.6) is 0 Å². The molecule has 2 aromatic carbocycles. The van der Waals surface area contributed by atoms with Gasteiger partial charge in [0.1, 0.15) is 9.71 Å². The molecule has 0 aliphatic heterocycles. The molecule has 4 aromatic rings. The average Bonchev–Trinajstić information content (AvgIpc) is 3.05. The molecule has 4 rings (SSSR count). The molecule has 0 saturated heterocycles. The minimum absolute atomic E-state index is 0.299. The summed E-state index contributed by atoms with van der Waals surface area (Å²) in [5, 5.41) is 3.61. The quantitative estimate of drug-likeness (QED) is 0.504. The minimum Gasteiger partial charge on any atom is -0.397 e. The molecular weight excluding hydrogens is 358 g/mol. The number of nitrogens with two attached hydrogens (primary N) is 2. The first-order chi connectivity index (χ1) is 13.1. The fourth-order valence-electron chi connectivity index (χ4n) is 3.00. The number of fused-ring (bicyclic) bond motifs is 1. The highest BCUT2D eigenvalue weighted by Gasteiger charge is 2.20. The zero-order valence-corrected chi connectivity index (χ0v) is 15.4. The van der Waals surface area contributed by atoms with Crippen molar-refractivity contribution in [1.82, 2.24) is 9.97 Å². The standard InChI is InChI=1S/C20H17N5OS/c1-23-20-24-16(14-15(21)17(18(22)26)27-19(14)25-20)13-9-5-8-12(10-13)11-6-3-2-4-7-11/h2-10H,21H2,1H3,(H2,22,26)(H,23,24,25). The van der Waals surface area contributed by atoms with Gasteiger partial charge in [0.25, 0.3) is 5.91 Å². The lowest BCUT2D eigenvalue weighted by Gasteiger charge is -2.09. The molecule has 0 aliphatic carbocycles. The number of nitrogen functional groups attached to an aromatic ring is 1. The van der Waals surface area contributed by atoms with Crippen LogP contribution in [0.4, 0.5) is 11.6 Å². The lowest BCUT2D eigenvalue weighted by molar-refractivity contribution is 0.100. The number of aromatic nitrogens is 2. The maximum atomic E-state index is 11.7. The van der Waals surface area contributed by atoms with E-state index in [1.165, 1.54) is 11.3 Å². The Bertz CT molecular complexity index is 1150. The topological polar surface area (TPSA) is 107 Å². The third-order valence-corrected chi connectivity index (χ3v) is 5.39. The molecule has 0 fully saturated rings. The summed E-state index contributed by atoms with van der Waals surface area (Å²) in [6, 6.07) is 18.1. The van der Waals surface area contributed by atoms with E-state index < -0.39 is 5.91 Å². The van der Waals surface area contributed by atoms with Gasteiger partial charge in [0.05, 0.1) is 16.8 Å². The van der Waals surface area contributed by atoms with Gasteiger partial charge >= 0.3 is 0 Å². The van der Waals surface area contributed by atoms with Gasteiger partial charge in [0.15, 0.2) is 0 Å². The molecule has 0 spiro atoms. The predicted octanol–water partition coefficient (Wildman–Crippen LogP) is 3.75. The molecule has 134 valence electrons. The van der Waals surface area contributed by atoms with Crippen LogP contribution >= 0.6 is 11.3 Å². The normalized spacial score (nSPS) is 10.9. The van der Waals surface area contributed by atoms with Crippen molar-refractivity contribution in [2.75, 3.05) is 18.1 Å². The SMILES string of the molecule is CNc1nc(-c2cccc(-c3ccccc3)c2)c2c(N)c(C(N)=O)sc2n1. The lowest BCUT2D eigenvalue weighted by atomic mass is 10.0. The highest BCUT2D eigenvalue weighted by Crippen LogP contribution is 2.39. The van der Waals surface area contributed by atoms with Crippen LogP contribution in [0, 0.1) is 0 Å². The number of hydrogen-bond acceptors (Lipinski definition) is 6. The van der Waals surface area contributed by atoms with Crippen LogP contribution in [0.15, 0.2) is 54.6 Å². The van der Waals surface area contributed by atoms with Crippen molar-refractivity contribution in [3.63, 3.8) is 0 Å². The third-order valence-electron chi connectivity index (χ3n) is 4.28. The second-order valence-corrected chi connectivity index (χ2v) is 6.98. The number of carbonyl (C=O) groups excluding carboxylic acids is 1. The summed E-state index contributed by atoms with van der Waals surface area (Å²) in [7, 11) is 1.75. The lowest BCUT2D eigenvalue weighted by Crippen LogP contribution is -2.10. The van der Waals surface area contributed by atoms with E-state index in [9.17, 15) is 4.79 Å². The van der Waals surface area contributed by atoms with Crippen molar-refractivity contribution in [3.05, 3.63) is 59.5 Å². The average molecular weight is 375 g/mol. The van der Waals surface area contributed by atoms with Gasteiger partial charge < -0.3 is 16.8 Å². The van der Waals surface area contributed by atoms with Crippen molar-refractivity contribution in [1.29, 1.82) is 0 Å². The number of benzene rings is 2. The Kier molecular flexibility index (Phi) is 4.21. The van der Waals surface area contributed by atoms with Crippen molar-refractivity contribution in [2.24, 2.45) is 5.73 Å². The molecule has 0 atom stereocenters. The Balaban J connectivity index is 1.97. The molecule has 6 nitrogen and oxygen atoms in total. The summed E-state index contributed by atoms with van der Waals surface area (Å²) >= 11 is 1.18. The van der Waals surface area contributed by atoms with Gasteiger partial charge in [0, 0.05) is 12.6 Å². The van der Waals surface area contributed by atoms with Gasteiger partial charge in [-0.2, -0.15) is 0 Å². The molecule has 2 heterocycles. The van der Waals surface area contributed by atoms with E-state index in [0.29, 0.717) is 32.4 Å². The maximum absolute atomic E-state index is 11.7. The number of thiophene rings is 1. The number of hydrogen-bond donors (Lipinski definition) is 3. The van der Waals surface area contributed by atoms with E-state index in [1.807, 2.05) is 36.4 Å². The zero-order valence-electron chi connectivity index (χ0n) is 14.6. The van der Waals surface area contributed by atoms with Gasteiger partial charge in [-0.15, -0.1) is 11.3 Å². The van der Waals surface area contributed by atoms with E-state index in [2.05, 4.69) is 33.5 Å². The fourth-order valence-corrected chi connectivity index (χ4v) is 3.95. The summed E-state index contributed by atoms with van der Waals surface area (Å²) in [5.41, 5.74) is 15.7. The minimum atomic E-state index is -0.564. The largest absolute Gasteiger partial charge is 0.397 e. The van der Waals surface area contributed by atoms with Gasteiger partial charge in [-0.25, -0.2) is 9.97 Å². The van der Waals surface area contributed by atoms with Crippen LogP contribution in [0.1, 0.15) is 9.67 Å². The Morgan fingerprint density at radius 3 is 2.41 bits per heavy atom. The number of rotatable bonds is 4. The van der Waals surface area contributed by atoms with E-state index in [-0.39, 0.29) is 0 Å². The Hall–Kier alpha value is -3.45. The summed E-state index contributed by atoms with van der Waals surface area (Å²) in [5.74, 6) is -0.106.